The molecule has 0 N–H and O–H groups in total. The Labute approximate surface area is 83.7 Å². The number of Topliss-reactive ketones (excluding diaryl/α,β-unsaturated/α-hetero) is 1. The average molecular weight is 197 g/mol. The Morgan fingerprint density at radius 1 is 1.23 bits per heavy atom. The predicted molar refractivity (Wildman–Crippen MR) is 55.5 cm³/mol. The molecule has 0 fully saturated rings. The summed E-state index contributed by atoms with van der Waals surface area (Å²) in [5, 5.41) is 0.721. The van der Waals surface area contributed by atoms with E-state index in [0.717, 1.165) is 22.6 Å². The van der Waals surface area contributed by atoms with Crippen molar-refractivity contribution in [2.75, 3.05) is 0 Å². The van der Waals surface area contributed by atoms with Crippen LogP contribution in [0.4, 0.5) is 0 Å². The van der Waals surface area contributed by atoms with Crippen LogP contribution in [0.5, 0.6) is 0 Å². The Morgan fingerprint density at radius 3 is 2.62 bits per heavy atom. The molecule has 0 aromatic heterocycles. The zero-order valence-electron chi connectivity index (χ0n) is 7.93. The van der Waals surface area contributed by atoms with Gasteiger partial charge in [0.25, 0.3) is 0 Å². The largest absolute Gasteiger partial charge is 0.294 e. The fraction of sp³-hybridized carbons (Fsp3) is 0.364. The van der Waals surface area contributed by atoms with Crippen LogP contribution < -0.4 is 0 Å². The summed E-state index contributed by atoms with van der Waals surface area (Å²) in [6.45, 7) is 4.00. The van der Waals surface area contributed by atoms with Crippen LogP contribution in [0.15, 0.2) is 18.2 Å². The highest BCUT2D eigenvalue weighted by Gasteiger charge is 2.18. The van der Waals surface area contributed by atoms with Crippen molar-refractivity contribution >= 4 is 17.4 Å². The van der Waals surface area contributed by atoms with Gasteiger partial charge in [-0.3, -0.25) is 4.79 Å². The van der Waals surface area contributed by atoms with Crippen molar-refractivity contribution in [2.45, 2.75) is 26.7 Å². The van der Waals surface area contributed by atoms with Crippen molar-refractivity contribution in [2.24, 2.45) is 0 Å². The van der Waals surface area contributed by atoms with Gasteiger partial charge in [0.2, 0.25) is 0 Å². The second-order valence-corrected chi connectivity index (χ2v) is 3.16. The van der Waals surface area contributed by atoms with Gasteiger partial charge in [-0.1, -0.05) is 25.4 Å². The number of fused-ring (bicyclic) bond motifs is 1. The molecule has 1 aliphatic carbocycles. The van der Waals surface area contributed by atoms with E-state index in [1.54, 1.807) is 6.07 Å². The van der Waals surface area contributed by atoms with Gasteiger partial charge in [0.05, 0.1) is 0 Å². The van der Waals surface area contributed by atoms with E-state index in [2.05, 4.69) is 0 Å². The van der Waals surface area contributed by atoms with Crippen molar-refractivity contribution in [3.8, 4) is 0 Å². The van der Waals surface area contributed by atoms with Crippen molar-refractivity contribution in [3.05, 3.63) is 34.3 Å². The fourth-order valence-corrected chi connectivity index (χ4v) is 1.62. The van der Waals surface area contributed by atoms with Gasteiger partial charge in [-0.05, 0) is 30.2 Å². The SMILES string of the molecule is CC.O=C1CCc2cc(Cl)ccc21. The van der Waals surface area contributed by atoms with E-state index >= 15 is 0 Å². The molecule has 0 spiro atoms. The Morgan fingerprint density at radius 2 is 1.92 bits per heavy atom. The number of hydrogen-bond acceptors (Lipinski definition) is 1. The van der Waals surface area contributed by atoms with Gasteiger partial charge in [-0.2, -0.15) is 0 Å². The molecular formula is C11H13ClO. The first-order valence-corrected chi connectivity index (χ1v) is 4.97. The van der Waals surface area contributed by atoms with Gasteiger partial charge < -0.3 is 0 Å². The quantitative estimate of drug-likeness (QED) is 0.621. The average Bonchev–Trinajstić information content (AvgIpc) is 2.51. The molecule has 2 rings (SSSR count). The van der Waals surface area contributed by atoms with Gasteiger partial charge in [-0.15, -0.1) is 0 Å². The number of ketones is 1. The molecule has 0 amide bonds. The Kier molecular flexibility index (Phi) is 3.49. The van der Waals surface area contributed by atoms with Crippen LogP contribution in [-0.4, -0.2) is 5.78 Å². The maximum Gasteiger partial charge on any atom is 0.163 e. The molecule has 0 bridgehead atoms. The van der Waals surface area contributed by atoms with Crippen molar-refractivity contribution in [1.82, 2.24) is 0 Å². The standard InChI is InChI=1S/C9H7ClO.C2H6/c10-7-2-3-8-6(5-7)1-4-9(8)11;1-2/h2-3,5H,1,4H2;1-2H3. The lowest BCUT2D eigenvalue weighted by atomic mass is 10.1. The first kappa shape index (κ1) is 10.3. The smallest absolute Gasteiger partial charge is 0.163 e. The van der Waals surface area contributed by atoms with E-state index in [9.17, 15) is 4.79 Å². The zero-order valence-corrected chi connectivity index (χ0v) is 8.69. The summed E-state index contributed by atoms with van der Waals surface area (Å²) in [6.07, 6.45) is 1.50. The van der Waals surface area contributed by atoms with E-state index in [1.165, 1.54) is 0 Å². The maximum absolute atomic E-state index is 11.1. The fourth-order valence-electron chi connectivity index (χ4n) is 1.42. The van der Waals surface area contributed by atoms with E-state index < -0.39 is 0 Å². The summed E-state index contributed by atoms with van der Waals surface area (Å²) in [5.41, 5.74) is 1.96. The predicted octanol–water partition coefficient (Wildman–Crippen LogP) is 3.50. The van der Waals surface area contributed by atoms with Gasteiger partial charge in [0, 0.05) is 17.0 Å². The molecule has 1 nitrogen and oxygen atoms in total. The number of halogens is 1. The number of rotatable bonds is 0. The minimum absolute atomic E-state index is 0.247. The lowest BCUT2D eigenvalue weighted by molar-refractivity contribution is 0.0994. The normalized spacial score (nSPS) is 13.3. The Balaban J connectivity index is 0.000000396. The third kappa shape index (κ3) is 2.10. The minimum Gasteiger partial charge on any atom is -0.294 e. The van der Waals surface area contributed by atoms with Crippen LogP contribution in [0.1, 0.15) is 36.2 Å². The lowest BCUT2D eigenvalue weighted by Gasteiger charge is -1.95. The minimum atomic E-state index is 0.247. The Hall–Kier alpha value is -0.820. The molecule has 1 aromatic rings. The molecule has 0 unspecified atom stereocenters. The van der Waals surface area contributed by atoms with Crippen LogP contribution in [0.2, 0.25) is 5.02 Å². The first-order chi connectivity index (χ1) is 6.27. The molecule has 70 valence electrons. The summed E-state index contributed by atoms with van der Waals surface area (Å²) < 4.78 is 0. The van der Waals surface area contributed by atoms with Crippen molar-refractivity contribution < 1.29 is 4.79 Å². The van der Waals surface area contributed by atoms with Gasteiger partial charge >= 0.3 is 0 Å². The zero-order chi connectivity index (χ0) is 9.84. The summed E-state index contributed by atoms with van der Waals surface area (Å²) in [7, 11) is 0. The van der Waals surface area contributed by atoms with Crippen LogP contribution in [0.25, 0.3) is 0 Å². The lowest BCUT2D eigenvalue weighted by Crippen LogP contribution is -1.89. The summed E-state index contributed by atoms with van der Waals surface area (Å²) in [5.74, 6) is 0.247. The van der Waals surface area contributed by atoms with Crippen LogP contribution in [0, 0.1) is 0 Å². The molecular weight excluding hydrogens is 184 g/mol. The highest BCUT2D eigenvalue weighted by molar-refractivity contribution is 6.30. The second kappa shape index (κ2) is 4.43. The number of carbonyl (C=O) groups excluding carboxylic acids is 1. The summed E-state index contributed by atoms with van der Waals surface area (Å²) in [4.78, 5) is 11.1. The van der Waals surface area contributed by atoms with Gasteiger partial charge in [0.15, 0.2) is 5.78 Å². The van der Waals surface area contributed by atoms with E-state index in [4.69, 9.17) is 11.6 Å². The first-order valence-electron chi connectivity index (χ1n) is 4.59. The molecule has 1 aromatic carbocycles. The number of hydrogen-bond donors (Lipinski definition) is 0. The Bertz CT molecular complexity index is 318. The van der Waals surface area contributed by atoms with E-state index in [1.807, 2.05) is 26.0 Å². The highest BCUT2D eigenvalue weighted by atomic mass is 35.5. The highest BCUT2D eigenvalue weighted by Crippen LogP contribution is 2.24. The van der Waals surface area contributed by atoms with Crippen LogP contribution >= 0.6 is 11.6 Å². The monoisotopic (exact) mass is 196 g/mol. The maximum atomic E-state index is 11.1. The third-order valence-electron chi connectivity index (χ3n) is 1.99. The molecule has 0 saturated heterocycles. The van der Waals surface area contributed by atoms with Crippen LogP contribution in [-0.2, 0) is 6.42 Å². The summed E-state index contributed by atoms with van der Waals surface area (Å²) >= 11 is 5.76. The van der Waals surface area contributed by atoms with E-state index in [-0.39, 0.29) is 5.78 Å². The molecule has 0 heterocycles. The molecule has 2 heteroatoms. The number of carbonyl (C=O) groups is 1. The molecule has 1 aliphatic rings. The molecule has 0 aliphatic heterocycles. The van der Waals surface area contributed by atoms with Gasteiger partial charge in [0.1, 0.15) is 0 Å². The molecule has 13 heavy (non-hydrogen) atoms. The third-order valence-corrected chi connectivity index (χ3v) is 2.22. The second-order valence-electron chi connectivity index (χ2n) is 2.72. The number of benzene rings is 1. The van der Waals surface area contributed by atoms with Gasteiger partial charge in [-0.25, -0.2) is 0 Å². The molecule has 0 radical (unpaired) electrons. The van der Waals surface area contributed by atoms with E-state index in [0.29, 0.717) is 6.42 Å². The molecule has 0 saturated carbocycles. The van der Waals surface area contributed by atoms with Crippen molar-refractivity contribution in [3.63, 3.8) is 0 Å². The number of aryl methyl sites for hydroxylation is 1. The topological polar surface area (TPSA) is 17.1 Å². The molecule has 0 atom stereocenters. The van der Waals surface area contributed by atoms with Crippen molar-refractivity contribution in [1.29, 1.82) is 0 Å². The van der Waals surface area contributed by atoms with Crippen LogP contribution in [0.3, 0.4) is 0 Å². The summed E-state index contributed by atoms with van der Waals surface area (Å²) in [6, 6.07) is 5.46.